The number of ether oxygens (including phenoxy) is 2. The molecular formula is C26H24ClN5O4. The van der Waals surface area contributed by atoms with Crippen LogP contribution in [0.4, 0.5) is 5.69 Å². The summed E-state index contributed by atoms with van der Waals surface area (Å²) >= 11 is 0. The van der Waals surface area contributed by atoms with Crippen LogP contribution in [-0.4, -0.2) is 29.1 Å². The smallest absolute Gasteiger partial charge is 0.269 e. The molecule has 0 amide bonds. The fourth-order valence-corrected chi connectivity index (χ4v) is 4.54. The standard InChI is InChI=1S/C26H23N5O4.ClH/c27-16-29-26(28-15-19-4-2-1-3-5-19)30-11-10-20-13-24-25(35-17-34-24)14-22(20)23(30)12-18-6-8-21(9-7-18)31(32)33;/h1-9,13-14,23H,10-12,15,17H2,(H,28,29);1H. The lowest BCUT2D eigenvalue weighted by Crippen LogP contribution is -2.46. The highest BCUT2D eigenvalue weighted by Crippen LogP contribution is 2.41. The van der Waals surface area contributed by atoms with Crippen LogP contribution in [0.5, 0.6) is 11.5 Å². The van der Waals surface area contributed by atoms with E-state index in [2.05, 4.69) is 10.2 Å². The van der Waals surface area contributed by atoms with Gasteiger partial charge in [-0.15, -0.1) is 12.4 Å². The molecule has 0 aromatic heterocycles. The molecule has 1 atom stereocenters. The Bertz CT molecular complexity index is 1310. The Hall–Kier alpha value is -4.29. The summed E-state index contributed by atoms with van der Waals surface area (Å²) < 4.78 is 11.2. The highest BCUT2D eigenvalue weighted by Gasteiger charge is 2.32. The molecule has 1 N–H and O–H groups in total. The normalized spacial score (nSPS) is 15.9. The molecule has 0 bridgehead atoms. The summed E-state index contributed by atoms with van der Waals surface area (Å²) in [5.74, 6) is 1.92. The molecule has 5 rings (SSSR count). The summed E-state index contributed by atoms with van der Waals surface area (Å²) in [5.41, 5.74) is 4.24. The number of nitro benzene ring substituents is 1. The molecule has 0 fully saturated rings. The van der Waals surface area contributed by atoms with Crippen LogP contribution in [0, 0.1) is 21.6 Å². The molecule has 2 aliphatic rings. The fraction of sp³-hybridized carbons (Fsp3) is 0.231. The van der Waals surface area contributed by atoms with E-state index >= 15 is 0 Å². The van der Waals surface area contributed by atoms with Gasteiger partial charge in [-0.05, 0) is 47.2 Å². The van der Waals surface area contributed by atoms with Gasteiger partial charge in [-0.1, -0.05) is 42.5 Å². The molecule has 0 saturated heterocycles. The molecule has 184 valence electrons. The number of hydrogen-bond donors (Lipinski definition) is 1. The predicted octanol–water partition coefficient (Wildman–Crippen LogP) is 4.51. The van der Waals surface area contributed by atoms with E-state index in [0.717, 1.165) is 34.4 Å². The first kappa shape index (κ1) is 24.8. The maximum absolute atomic E-state index is 11.1. The number of nitro groups is 1. The number of rotatable bonds is 5. The summed E-state index contributed by atoms with van der Waals surface area (Å²) in [7, 11) is 0. The Kier molecular flexibility index (Phi) is 7.56. The minimum absolute atomic E-state index is 0. The zero-order valence-electron chi connectivity index (χ0n) is 19.3. The van der Waals surface area contributed by atoms with E-state index in [4.69, 9.17) is 14.5 Å². The molecule has 2 aliphatic heterocycles. The van der Waals surface area contributed by atoms with Crippen molar-refractivity contribution in [3.63, 3.8) is 0 Å². The van der Waals surface area contributed by atoms with Crippen LogP contribution in [0.25, 0.3) is 0 Å². The second-order valence-corrected chi connectivity index (χ2v) is 8.35. The van der Waals surface area contributed by atoms with Gasteiger partial charge in [0.05, 0.1) is 17.5 Å². The average Bonchev–Trinajstić information content (AvgIpc) is 3.34. The molecule has 3 aromatic rings. The largest absolute Gasteiger partial charge is 0.454 e. The third-order valence-corrected chi connectivity index (χ3v) is 6.26. The Labute approximate surface area is 214 Å². The lowest BCUT2D eigenvalue weighted by molar-refractivity contribution is -0.384. The van der Waals surface area contributed by atoms with Crippen LogP contribution >= 0.6 is 12.4 Å². The topological polar surface area (TPSA) is 113 Å². The first-order valence-corrected chi connectivity index (χ1v) is 11.3. The molecule has 2 heterocycles. The average molecular weight is 506 g/mol. The summed E-state index contributed by atoms with van der Waals surface area (Å²) in [6, 6.07) is 20.3. The number of guanidine groups is 1. The van der Waals surface area contributed by atoms with Gasteiger partial charge in [0.2, 0.25) is 12.8 Å². The quantitative estimate of drug-likeness (QED) is 0.135. The number of fused-ring (bicyclic) bond motifs is 2. The van der Waals surface area contributed by atoms with E-state index in [1.165, 1.54) is 12.1 Å². The van der Waals surface area contributed by atoms with Crippen molar-refractivity contribution in [1.29, 1.82) is 5.26 Å². The van der Waals surface area contributed by atoms with Gasteiger partial charge in [0.1, 0.15) is 0 Å². The lowest BCUT2D eigenvalue weighted by Gasteiger charge is -2.39. The number of benzene rings is 3. The molecule has 0 saturated carbocycles. The molecule has 10 heteroatoms. The van der Waals surface area contributed by atoms with Crippen LogP contribution < -0.4 is 14.8 Å². The van der Waals surface area contributed by atoms with Crippen molar-refractivity contribution in [1.82, 2.24) is 10.2 Å². The van der Waals surface area contributed by atoms with Crippen LogP contribution in [0.15, 0.2) is 71.7 Å². The first-order valence-electron chi connectivity index (χ1n) is 11.3. The predicted molar refractivity (Wildman–Crippen MR) is 136 cm³/mol. The van der Waals surface area contributed by atoms with Gasteiger partial charge in [-0.3, -0.25) is 15.4 Å². The maximum Gasteiger partial charge on any atom is 0.269 e. The van der Waals surface area contributed by atoms with Crippen molar-refractivity contribution >= 4 is 24.1 Å². The van der Waals surface area contributed by atoms with E-state index in [1.807, 2.05) is 48.7 Å². The van der Waals surface area contributed by atoms with E-state index in [0.29, 0.717) is 31.2 Å². The number of halogens is 1. The van der Waals surface area contributed by atoms with Crippen molar-refractivity contribution in [2.24, 2.45) is 4.99 Å². The van der Waals surface area contributed by atoms with Crippen LogP contribution in [0.3, 0.4) is 0 Å². The molecular weight excluding hydrogens is 482 g/mol. The van der Waals surface area contributed by atoms with Gasteiger partial charge in [-0.25, -0.2) is 4.99 Å². The lowest BCUT2D eigenvalue weighted by atomic mass is 9.88. The van der Waals surface area contributed by atoms with Gasteiger partial charge in [-0.2, -0.15) is 5.26 Å². The minimum atomic E-state index is -0.405. The van der Waals surface area contributed by atoms with Gasteiger partial charge < -0.3 is 14.4 Å². The second-order valence-electron chi connectivity index (χ2n) is 8.35. The summed E-state index contributed by atoms with van der Waals surface area (Å²) in [6.45, 7) is 1.26. The van der Waals surface area contributed by atoms with Crippen molar-refractivity contribution in [2.45, 2.75) is 25.4 Å². The number of nitrogens with zero attached hydrogens (tertiary/aromatic N) is 4. The molecule has 0 spiro atoms. The molecule has 0 radical (unpaired) electrons. The van der Waals surface area contributed by atoms with Gasteiger partial charge in [0, 0.05) is 18.7 Å². The zero-order valence-corrected chi connectivity index (χ0v) is 20.1. The van der Waals surface area contributed by atoms with Crippen molar-refractivity contribution in [3.8, 4) is 17.7 Å². The van der Waals surface area contributed by atoms with Crippen molar-refractivity contribution in [3.05, 3.63) is 99.1 Å². The Balaban J connectivity index is 0.00000304. The highest BCUT2D eigenvalue weighted by atomic mass is 35.5. The van der Waals surface area contributed by atoms with E-state index in [1.54, 1.807) is 12.1 Å². The Morgan fingerprint density at radius 3 is 2.53 bits per heavy atom. The van der Waals surface area contributed by atoms with Gasteiger partial charge >= 0.3 is 0 Å². The number of nitrogens with one attached hydrogen (secondary N) is 1. The second kappa shape index (κ2) is 11.0. The SMILES string of the molecule is Cl.N#CNC(=NCc1ccccc1)N1CCc2cc3c(cc2C1Cc1ccc([N+](=O)[O-])cc1)OCO3. The number of non-ortho nitro benzene ring substituents is 1. The highest BCUT2D eigenvalue weighted by molar-refractivity contribution is 5.85. The van der Waals surface area contributed by atoms with E-state index in [9.17, 15) is 15.4 Å². The third kappa shape index (κ3) is 5.19. The number of nitriles is 1. The Morgan fingerprint density at radius 1 is 1.11 bits per heavy atom. The van der Waals surface area contributed by atoms with Crippen molar-refractivity contribution in [2.75, 3.05) is 13.3 Å². The minimum Gasteiger partial charge on any atom is -0.454 e. The van der Waals surface area contributed by atoms with Crippen LogP contribution in [0.2, 0.25) is 0 Å². The summed E-state index contributed by atoms with van der Waals surface area (Å²) in [5, 5.41) is 23.4. The number of aliphatic imine (C=N–C) groups is 1. The molecule has 1 unspecified atom stereocenters. The zero-order chi connectivity index (χ0) is 24.2. The summed E-state index contributed by atoms with van der Waals surface area (Å²) in [4.78, 5) is 17.5. The number of hydrogen-bond acceptors (Lipinski definition) is 6. The van der Waals surface area contributed by atoms with E-state index < -0.39 is 4.92 Å². The van der Waals surface area contributed by atoms with Crippen LogP contribution in [0.1, 0.15) is 28.3 Å². The van der Waals surface area contributed by atoms with Gasteiger partial charge in [0.25, 0.3) is 5.69 Å². The monoisotopic (exact) mass is 505 g/mol. The molecule has 36 heavy (non-hydrogen) atoms. The third-order valence-electron chi connectivity index (χ3n) is 6.26. The van der Waals surface area contributed by atoms with E-state index in [-0.39, 0.29) is 30.9 Å². The molecule has 3 aromatic carbocycles. The van der Waals surface area contributed by atoms with Gasteiger partial charge in [0.15, 0.2) is 17.7 Å². The maximum atomic E-state index is 11.1. The van der Waals surface area contributed by atoms with Crippen LogP contribution in [-0.2, 0) is 19.4 Å². The van der Waals surface area contributed by atoms with Crippen molar-refractivity contribution < 1.29 is 14.4 Å². The first-order chi connectivity index (χ1) is 17.1. The fourth-order valence-electron chi connectivity index (χ4n) is 4.54. The Morgan fingerprint density at radius 2 is 1.83 bits per heavy atom. The molecule has 9 nitrogen and oxygen atoms in total. The summed E-state index contributed by atoms with van der Waals surface area (Å²) in [6.07, 6.45) is 3.35. The molecule has 0 aliphatic carbocycles.